The SMILES string of the molecule is CN1N=CCC1=O.Oc1cccc(O)c1. The summed E-state index contributed by atoms with van der Waals surface area (Å²) in [6.07, 6.45) is 2.07. The van der Waals surface area contributed by atoms with Crippen molar-refractivity contribution in [3.05, 3.63) is 24.3 Å². The Balaban J connectivity index is 0.000000151. The van der Waals surface area contributed by atoms with Crippen molar-refractivity contribution in [2.45, 2.75) is 6.42 Å². The molecule has 0 atom stereocenters. The number of carbonyl (C=O) groups excluding carboxylic acids is 1. The molecule has 1 aromatic rings. The highest BCUT2D eigenvalue weighted by atomic mass is 16.3. The van der Waals surface area contributed by atoms with Crippen molar-refractivity contribution < 1.29 is 15.0 Å². The van der Waals surface area contributed by atoms with Gasteiger partial charge in [-0.15, -0.1) is 0 Å². The van der Waals surface area contributed by atoms with Gasteiger partial charge in [-0.05, 0) is 12.1 Å². The number of rotatable bonds is 0. The van der Waals surface area contributed by atoms with E-state index in [9.17, 15) is 4.79 Å². The fourth-order valence-corrected chi connectivity index (χ4v) is 0.931. The zero-order valence-electron chi connectivity index (χ0n) is 8.29. The molecule has 2 N–H and O–H groups in total. The molecule has 1 aliphatic rings. The zero-order chi connectivity index (χ0) is 11.3. The predicted octanol–water partition coefficient (Wildman–Crippen LogP) is 0.932. The molecule has 0 fully saturated rings. The van der Waals surface area contributed by atoms with Gasteiger partial charge < -0.3 is 10.2 Å². The summed E-state index contributed by atoms with van der Waals surface area (Å²) < 4.78 is 0. The van der Waals surface area contributed by atoms with Crippen LogP contribution in [0.15, 0.2) is 29.4 Å². The van der Waals surface area contributed by atoms with Crippen LogP contribution in [0.5, 0.6) is 11.5 Å². The van der Waals surface area contributed by atoms with Crippen molar-refractivity contribution in [2.75, 3.05) is 7.05 Å². The Morgan fingerprint density at radius 1 is 1.33 bits per heavy atom. The maximum Gasteiger partial charge on any atom is 0.247 e. The second-order valence-corrected chi connectivity index (χ2v) is 2.94. The molecule has 0 radical (unpaired) electrons. The number of carbonyl (C=O) groups is 1. The van der Waals surface area contributed by atoms with Crippen LogP contribution in [0.4, 0.5) is 0 Å². The van der Waals surface area contributed by atoms with Crippen LogP contribution >= 0.6 is 0 Å². The monoisotopic (exact) mass is 208 g/mol. The molecule has 0 aliphatic carbocycles. The van der Waals surface area contributed by atoms with Crippen LogP contribution in [-0.4, -0.2) is 34.4 Å². The van der Waals surface area contributed by atoms with E-state index >= 15 is 0 Å². The summed E-state index contributed by atoms with van der Waals surface area (Å²) in [7, 11) is 1.64. The number of benzene rings is 1. The lowest BCUT2D eigenvalue weighted by Crippen LogP contribution is -2.13. The Labute approximate surface area is 87.3 Å². The minimum atomic E-state index is 0.0694. The Morgan fingerprint density at radius 3 is 2.13 bits per heavy atom. The first-order chi connectivity index (χ1) is 7.09. The third kappa shape index (κ3) is 3.68. The molecule has 0 bridgehead atoms. The lowest BCUT2D eigenvalue weighted by molar-refractivity contribution is -0.127. The topological polar surface area (TPSA) is 73.1 Å². The molecule has 80 valence electrons. The lowest BCUT2D eigenvalue weighted by Gasteiger charge is -1.98. The molecular formula is C10H12N2O3. The molecule has 0 saturated heterocycles. The van der Waals surface area contributed by atoms with Gasteiger partial charge in [-0.1, -0.05) is 6.07 Å². The normalized spacial score (nSPS) is 13.7. The number of aromatic hydroxyl groups is 2. The summed E-state index contributed by atoms with van der Waals surface area (Å²) >= 11 is 0. The van der Waals surface area contributed by atoms with Gasteiger partial charge in [-0.25, -0.2) is 5.01 Å². The van der Waals surface area contributed by atoms with E-state index in [4.69, 9.17) is 10.2 Å². The summed E-state index contributed by atoms with van der Waals surface area (Å²) in [5.74, 6) is 0.245. The summed E-state index contributed by atoms with van der Waals surface area (Å²) in [5.41, 5.74) is 0. The number of phenolic OH excluding ortho intramolecular Hbond substituents is 2. The molecule has 1 heterocycles. The van der Waals surface area contributed by atoms with E-state index in [0.717, 1.165) is 0 Å². The summed E-state index contributed by atoms with van der Waals surface area (Å²) in [6, 6.07) is 5.85. The second-order valence-electron chi connectivity index (χ2n) is 2.94. The highest BCUT2D eigenvalue weighted by molar-refractivity contribution is 5.93. The highest BCUT2D eigenvalue weighted by Gasteiger charge is 2.09. The van der Waals surface area contributed by atoms with E-state index in [2.05, 4.69) is 5.10 Å². The van der Waals surface area contributed by atoms with Crippen LogP contribution in [-0.2, 0) is 4.79 Å². The number of hydrogen-bond acceptors (Lipinski definition) is 4. The molecule has 2 rings (SSSR count). The second kappa shape index (κ2) is 4.99. The minimum absolute atomic E-state index is 0.0694. The predicted molar refractivity (Wildman–Crippen MR) is 55.7 cm³/mol. The first-order valence-electron chi connectivity index (χ1n) is 4.36. The van der Waals surface area contributed by atoms with Crippen molar-refractivity contribution in [3.63, 3.8) is 0 Å². The molecule has 5 nitrogen and oxygen atoms in total. The summed E-state index contributed by atoms with van der Waals surface area (Å²) in [5, 5.41) is 22.3. The van der Waals surface area contributed by atoms with Gasteiger partial charge in [0.15, 0.2) is 0 Å². The van der Waals surface area contributed by atoms with Gasteiger partial charge in [0.2, 0.25) is 5.91 Å². The molecule has 0 saturated carbocycles. The third-order valence-corrected chi connectivity index (χ3v) is 1.71. The third-order valence-electron chi connectivity index (χ3n) is 1.71. The zero-order valence-corrected chi connectivity index (χ0v) is 8.29. The van der Waals surface area contributed by atoms with Crippen molar-refractivity contribution >= 4 is 12.1 Å². The van der Waals surface area contributed by atoms with E-state index in [0.29, 0.717) is 6.42 Å². The van der Waals surface area contributed by atoms with E-state index in [-0.39, 0.29) is 17.4 Å². The van der Waals surface area contributed by atoms with E-state index in [1.807, 2.05) is 0 Å². The number of nitrogens with zero attached hydrogens (tertiary/aromatic N) is 2. The molecular weight excluding hydrogens is 196 g/mol. The average molecular weight is 208 g/mol. The van der Waals surface area contributed by atoms with Crippen LogP contribution in [0.1, 0.15) is 6.42 Å². The van der Waals surface area contributed by atoms with E-state index < -0.39 is 0 Å². The molecule has 15 heavy (non-hydrogen) atoms. The molecule has 1 aliphatic heterocycles. The number of hydrazone groups is 1. The standard InChI is InChI=1S/C6H6O2.C4H6N2O/c7-5-2-1-3-6(8)4-5;1-6-4(7)2-3-5-6/h1-4,7-8H;3H,2H2,1H3. The van der Waals surface area contributed by atoms with E-state index in [1.54, 1.807) is 19.3 Å². The summed E-state index contributed by atoms with van der Waals surface area (Å²) in [4.78, 5) is 10.4. The molecule has 5 heteroatoms. The van der Waals surface area contributed by atoms with Crippen LogP contribution in [0.2, 0.25) is 0 Å². The van der Waals surface area contributed by atoms with Gasteiger partial charge in [0.25, 0.3) is 0 Å². The Hall–Kier alpha value is -2.04. The molecule has 0 unspecified atom stereocenters. The van der Waals surface area contributed by atoms with Crippen LogP contribution in [0.25, 0.3) is 0 Å². The summed E-state index contributed by atoms with van der Waals surface area (Å²) in [6.45, 7) is 0. The van der Waals surface area contributed by atoms with Crippen molar-refractivity contribution in [3.8, 4) is 11.5 Å². The quantitative estimate of drug-likeness (QED) is 0.666. The van der Waals surface area contributed by atoms with Crippen LogP contribution in [0, 0.1) is 0 Å². The fraction of sp³-hybridized carbons (Fsp3) is 0.200. The number of hydrogen-bond donors (Lipinski definition) is 2. The maximum absolute atomic E-state index is 10.4. The number of phenols is 2. The largest absolute Gasteiger partial charge is 0.508 e. The van der Waals surface area contributed by atoms with Gasteiger partial charge in [-0.2, -0.15) is 5.10 Å². The molecule has 1 aromatic carbocycles. The Morgan fingerprint density at radius 2 is 1.93 bits per heavy atom. The Bertz CT molecular complexity index is 359. The van der Waals surface area contributed by atoms with Crippen molar-refractivity contribution in [2.24, 2.45) is 5.10 Å². The smallest absolute Gasteiger partial charge is 0.247 e. The van der Waals surface area contributed by atoms with Crippen molar-refractivity contribution in [1.29, 1.82) is 0 Å². The van der Waals surface area contributed by atoms with Gasteiger partial charge in [0.1, 0.15) is 11.5 Å². The number of amides is 1. The Kier molecular flexibility index (Phi) is 3.68. The van der Waals surface area contributed by atoms with Gasteiger partial charge in [-0.3, -0.25) is 4.79 Å². The molecule has 0 spiro atoms. The fourth-order valence-electron chi connectivity index (χ4n) is 0.931. The van der Waals surface area contributed by atoms with Gasteiger partial charge >= 0.3 is 0 Å². The minimum Gasteiger partial charge on any atom is -0.508 e. The highest BCUT2D eigenvalue weighted by Crippen LogP contribution is 2.14. The van der Waals surface area contributed by atoms with Gasteiger partial charge in [0, 0.05) is 19.3 Å². The maximum atomic E-state index is 10.4. The lowest BCUT2D eigenvalue weighted by atomic mass is 10.3. The first kappa shape index (κ1) is 11.0. The van der Waals surface area contributed by atoms with Crippen LogP contribution in [0.3, 0.4) is 0 Å². The van der Waals surface area contributed by atoms with E-state index in [1.165, 1.54) is 23.2 Å². The van der Waals surface area contributed by atoms with Crippen LogP contribution < -0.4 is 0 Å². The van der Waals surface area contributed by atoms with Crippen molar-refractivity contribution in [1.82, 2.24) is 5.01 Å². The average Bonchev–Trinajstić information content (AvgIpc) is 2.51. The molecule has 1 amide bonds. The first-order valence-corrected chi connectivity index (χ1v) is 4.36. The van der Waals surface area contributed by atoms with Gasteiger partial charge in [0.05, 0.1) is 6.42 Å². The molecule has 0 aromatic heterocycles.